The van der Waals surface area contributed by atoms with Crippen LogP contribution in [0.2, 0.25) is 0 Å². The second-order valence-corrected chi connectivity index (χ2v) is 11.2. The number of hydrogen-bond acceptors (Lipinski definition) is 2. The molecule has 4 aromatic carbocycles. The van der Waals surface area contributed by atoms with E-state index in [9.17, 15) is 0 Å². The van der Waals surface area contributed by atoms with Crippen molar-refractivity contribution in [3.8, 4) is 23.0 Å². The maximum atomic E-state index is 6.37. The van der Waals surface area contributed by atoms with Gasteiger partial charge in [0, 0.05) is 69.1 Å². The number of hydrogen-bond donors (Lipinski definition) is 0. The Bertz CT molecular complexity index is 2050. The summed E-state index contributed by atoms with van der Waals surface area (Å²) in [7, 11) is 2.05. The molecule has 0 aliphatic heterocycles. The molecule has 0 aliphatic carbocycles. The Morgan fingerprint density at radius 3 is 2.26 bits per heavy atom. The fraction of sp³-hybridized carbons (Fsp3) is 0.167. The monoisotopic (exact) mass is 732 g/mol. The van der Waals surface area contributed by atoms with Crippen LogP contribution in [0.4, 0.5) is 0 Å². The quantitative estimate of drug-likeness (QED) is 0.170. The molecule has 0 aliphatic rings. The van der Waals surface area contributed by atoms with E-state index >= 15 is 0 Å². The summed E-state index contributed by atoms with van der Waals surface area (Å²) in [4.78, 5) is 4.77. The minimum Gasteiger partial charge on any atom is -0.508 e. The van der Waals surface area contributed by atoms with Gasteiger partial charge in [0.1, 0.15) is 5.82 Å². The van der Waals surface area contributed by atoms with E-state index in [1.165, 1.54) is 5.56 Å². The van der Waals surface area contributed by atoms with Crippen LogP contribution in [0.15, 0.2) is 104 Å². The molecule has 7 aromatic rings. The summed E-state index contributed by atoms with van der Waals surface area (Å²) >= 11 is 0. The second kappa shape index (κ2) is 11.2. The van der Waals surface area contributed by atoms with Crippen molar-refractivity contribution in [1.29, 1.82) is 0 Å². The molecular formula is C36H33N4OPt-. The number of aromatic nitrogens is 4. The van der Waals surface area contributed by atoms with Crippen LogP contribution in [0.25, 0.3) is 44.3 Å². The van der Waals surface area contributed by atoms with Crippen molar-refractivity contribution in [2.45, 2.75) is 33.6 Å². The average molecular weight is 733 g/mol. The average Bonchev–Trinajstić information content (AvgIpc) is 3.47. The predicted molar refractivity (Wildman–Crippen MR) is 168 cm³/mol. The Kier molecular flexibility index (Phi) is 7.83. The minimum absolute atomic E-state index is 0. The van der Waals surface area contributed by atoms with Crippen LogP contribution in [0.1, 0.15) is 33.8 Å². The third-order valence-electron chi connectivity index (χ3n) is 7.44. The third-order valence-corrected chi connectivity index (χ3v) is 7.44. The second-order valence-electron chi connectivity index (χ2n) is 11.2. The zero-order valence-corrected chi connectivity index (χ0v) is 25.6. The van der Waals surface area contributed by atoms with Gasteiger partial charge in [0.05, 0.1) is 0 Å². The Labute approximate surface area is 261 Å². The summed E-state index contributed by atoms with van der Waals surface area (Å²) < 4.78 is 12.8. The number of fused-ring (bicyclic) bond motifs is 4. The molecule has 0 radical (unpaired) electrons. The molecule has 0 saturated heterocycles. The first-order valence-electron chi connectivity index (χ1n) is 13.5. The molecule has 6 heteroatoms. The van der Waals surface area contributed by atoms with Crippen LogP contribution in [0.5, 0.6) is 11.5 Å². The van der Waals surface area contributed by atoms with Crippen LogP contribution in [0, 0.1) is 12.1 Å². The van der Waals surface area contributed by atoms with E-state index in [-0.39, 0.29) is 33.9 Å². The maximum Gasteiger partial charge on any atom is 0.188 e. The summed E-state index contributed by atoms with van der Waals surface area (Å²) in [6.07, 6.45) is 3.96. The first-order valence-corrected chi connectivity index (χ1v) is 13.5. The van der Waals surface area contributed by atoms with Crippen molar-refractivity contribution in [2.75, 3.05) is 0 Å². The van der Waals surface area contributed by atoms with Gasteiger partial charge in [-0.3, -0.25) is 0 Å². The van der Waals surface area contributed by atoms with Gasteiger partial charge in [-0.2, -0.15) is 12.1 Å². The van der Waals surface area contributed by atoms with Crippen molar-refractivity contribution < 1.29 is 25.8 Å². The molecule has 5 nitrogen and oxygen atoms in total. The molecule has 0 bridgehead atoms. The number of nitrogens with zero attached hydrogens (tertiary/aromatic N) is 4. The van der Waals surface area contributed by atoms with Crippen molar-refractivity contribution in [2.24, 2.45) is 7.05 Å². The van der Waals surface area contributed by atoms with Gasteiger partial charge in [0.25, 0.3) is 0 Å². The molecule has 0 saturated carbocycles. The number of ether oxygens (including phenoxy) is 1. The molecule has 7 rings (SSSR count). The van der Waals surface area contributed by atoms with E-state index in [1.807, 2.05) is 30.5 Å². The standard InChI is InChI=1S/C35H29N4O.CH4.Pt/c1-35(2,3)24-18-19-36-34(20-24)39-30-13-6-5-12-28(30)29-17-16-27(22-33(29)39)40-26-11-9-10-25(21-26)38-23-37(4)31-14-7-8-15-32(31)38;;/h5-20,23H,1-4H3;1H4;/q-1;;. The molecule has 0 amide bonds. The van der Waals surface area contributed by atoms with Crippen LogP contribution in [-0.2, 0) is 33.5 Å². The number of rotatable bonds is 4. The molecular weight excluding hydrogens is 700 g/mol. The fourth-order valence-electron chi connectivity index (χ4n) is 5.39. The minimum atomic E-state index is 0. The molecule has 3 heterocycles. The van der Waals surface area contributed by atoms with E-state index in [2.05, 4.69) is 127 Å². The van der Waals surface area contributed by atoms with Crippen LogP contribution >= 0.6 is 0 Å². The van der Waals surface area contributed by atoms with Gasteiger partial charge in [0.2, 0.25) is 0 Å². The van der Waals surface area contributed by atoms with Gasteiger partial charge in [0.15, 0.2) is 17.4 Å². The smallest absolute Gasteiger partial charge is 0.188 e. The van der Waals surface area contributed by atoms with Crippen LogP contribution in [0.3, 0.4) is 0 Å². The summed E-state index contributed by atoms with van der Waals surface area (Å²) in [5.41, 5.74) is 6.43. The molecule has 214 valence electrons. The Morgan fingerprint density at radius 1 is 0.762 bits per heavy atom. The fourth-order valence-corrected chi connectivity index (χ4v) is 5.39. The Morgan fingerprint density at radius 2 is 1.48 bits per heavy atom. The van der Waals surface area contributed by atoms with Crippen LogP contribution < -0.4 is 4.74 Å². The molecule has 0 fully saturated rings. The Balaban J connectivity index is 0.00000176. The van der Waals surface area contributed by atoms with Gasteiger partial charge in [-0.15, -0.1) is 29.7 Å². The number of pyridine rings is 1. The predicted octanol–water partition coefficient (Wildman–Crippen LogP) is 9.07. The van der Waals surface area contributed by atoms with Crippen molar-refractivity contribution in [3.05, 3.63) is 121 Å². The molecule has 3 aromatic heterocycles. The SMILES string of the molecule is C.Cn1[cH+]n(-c2[c-]c(Oc3[c-]c4c(cc3)c3ccccc3n4-c3cc(C(C)(C)C)ccn3)ccc2)c2ccccc21.[Pt]. The van der Waals surface area contributed by atoms with Crippen molar-refractivity contribution >= 4 is 32.8 Å². The molecule has 0 unspecified atom stereocenters. The van der Waals surface area contributed by atoms with Crippen molar-refractivity contribution in [3.63, 3.8) is 0 Å². The number of imidazole rings is 1. The number of para-hydroxylation sites is 3. The van der Waals surface area contributed by atoms with Gasteiger partial charge in [-0.05, 0) is 46.7 Å². The first kappa shape index (κ1) is 29.3. The summed E-state index contributed by atoms with van der Waals surface area (Å²) in [6.45, 7) is 6.66. The van der Waals surface area contributed by atoms with Crippen molar-refractivity contribution in [1.82, 2.24) is 18.7 Å². The van der Waals surface area contributed by atoms with E-state index in [0.717, 1.165) is 44.3 Å². The topological polar surface area (TPSA) is 36.9 Å². The third kappa shape index (κ3) is 5.03. The van der Waals surface area contributed by atoms with Gasteiger partial charge in [-0.25, -0.2) is 14.1 Å². The van der Waals surface area contributed by atoms with Gasteiger partial charge >= 0.3 is 0 Å². The molecule has 0 spiro atoms. The summed E-state index contributed by atoms with van der Waals surface area (Å²) in [5.74, 6) is 2.12. The number of benzene rings is 4. The molecule has 0 N–H and O–H groups in total. The van der Waals surface area contributed by atoms with E-state index < -0.39 is 0 Å². The van der Waals surface area contributed by atoms with Gasteiger partial charge < -0.3 is 9.30 Å². The first-order chi connectivity index (χ1) is 19.4. The van der Waals surface area contributed by atoms with E-state index in [0.29, 0.717) is 11.5 Å². The van der Waals surface area contributed by atoms with Crippen LogP contribution in [-0.4, -0.2) is 18.7 Å². The largest absolute Gasteiger partial charge is 0.508 e. The Hall–Kier alpha value is -4.21. The zero-order chi connectivity index (χ0) is 27.4. The van der Waals surface area contributed by atoms with Gasteiger partial charge in [-0.1, -0.05) is 58.0 Å². The molecule has 42 heavy (non-hydrogen) atoms. The number of aryl methyl sites for hydroxylation is 1. The summed E-state index contributed by atoms with van der Waals surface area (Å²) in [6, 6.07) is 38.0. The maximum absolute atomic E-state index is 6.37. The van der Waals surface area contributed by atoms with E-state index in [1.54, 1.807) is 0 Å². The normalized spacial score (nSPS) is 11.4. The molecule has 0 atom stereocenters. The van der Waals surface area contributed by atoms with E-state index in [4.69, 9.17) is 9.72 Å². The summed E-state index contributed by atoms with van der Waals surface area (Å²) in [5, 5.41) is 2.26. The zero-order valence-electron chi connectivity index (χ0n) is 23.3.